The minimum atomic E-state index is -0.0220. The Morgan fingerprint density at radius 2 is 0.875 bits per heavy atom. The highest BCUT2D eigenvalue weighted by Gasteiger charge is 2.20. The molecule has 1 unspecified atom stereocenters. The largest absolute Gasteiger partial charge is 0.366 e. The van der Waals surface area contributed by atoms with Crippen molar-refractivity contribution in [3.05, 3.63) is 211 Å². The maximum Gasteiger partial charge on any atom is 0.103 e. The number of fused-ring (bicyclic) bond motifs is 6. The van der Waals surface area contributed by atoms with Gasteiger partial charge in [0.15, 0.2) is 0 Å². The molecule has 0 bridgehead atoms. The van der Waals surface area contributed by atoms with E-state index in [0.29, 0.717) is 0 Å². The first kappa shape index (κ1) is 32.3. The van der Waals surface area contributed by atoms with Crippen LogP contribution in [0.1, 0.15) is 17.3 Å². The minimum Gasteiger partial charge on any atom is -0.366 e. The normalized spacial score (nSPS) is 14.4. The van der Waals surface area contributed by atoms with Gasteiger partial charge in [-0.05, 0) is 100 Å². The van der Waals surface area contributed by atoms with E-state index in [1.165, 1.54) is 82.7 Å². The first-order valence-corrected chi connectivity index (χ1v) is 19.4. The number of para-hydroxylation sites is 3. The van der Waals surface area contributed by atoms with E-state index in [-0.39, 0.29) is 6.17 Å². The number of benzene rings is 8. The van der Waals surface area contributed by atoms with Crippen molar-refractivity contribution >= 4 is 49.3 Å². The molecule has 10 aromatic rings. The number of nitrogens with one attached hydrogen (secondary N) is 2. The van der Waals surface area contributed by atoms with Crippen LogP contribution in [0.2, 0.25) is 0 Å². The van der Waals surface area contributed by atoms with Crippen molar-refractivity contribution in [2.45, 2.75) is 6.17 Å². The van der Waals surface area contributed by atoms with E-state index >= 15 is 0 Å². The molecule has 1 aliphatic rings. The van der Waals surface area contributed by atoms with Crippen LogP contribution in [0.15, 0.2) is 200 Å². The molecule has 4 heteroatoms. The monoisotopic (exact) mass is 718 g/mol. The summed E-state index contributed by atoms with van der Waals surface area (Å²) in [6, 6.07) is 70.4. The van der Waals surface area contributed by atoms with Gasteiger partial charge in [-0.2, -0.15) is 0 Å². The van der Waals surface area contributed by atoms with Gasteiger partial charge in [-0.25, -0.2) is 0 Å². The molecule has 1 aliphatic heterocycles. The van der Waals surface area contributed by atoms with Gasteiger partial charge in [-0.3, -0.25) is 5.32 Å². The Bertz CT molecular complexity index is 3100. The first-order valence-electron chi connectivity index (χ1n) is 19.4. The zero-order valence-electron chi connectivity index (χ0n) is 30.7. The van der Waals surface area contributed by atoms with Gasteiger partial charge in [0.25, 0.3) is 0 Å². The van der Waals surface area contributed by atoms with Crippen LogP contribution in [0.3, 0.4) is 0 Å². The van der Waals surface area contributed by atoms with Gasteiger partial charge in [-0.15, -0.1) is 0 Å². The molecule has 2 aromatic heterocycles. The van der Waals surface area contributed by atoms with E-state index in [1.54, 1.807) is 0 Å². The van der Waals surface area contributed by atoms with Crippen LogP contribution in [0.5, 0.6) is 0 Å². The molecule has 0 aliphatic carbocycles. The SMILES string of the molecule is C1=C(c2ccc(-c3ccccc3)cc2)NC(c2cccc(-n3c4ccccc4c4cc(-c5ccc6c(c5)c5ccccc5n6-c5ccccc5)ccc43)c2)NC1. The summed E-state index contributed by atoms with van der Waals surface area (Å²) in [7, 11) is 0. The molecule has 11 rings (SSSR count). The molecular weight excluding hydrogens is 681 g/mol. The number of nitrogens with zero attached hydrogens (tertiary/aromatic N) is 2. The lowest BCUT2D eigenvalue weighted by Gasteiger charge is -2.28. The summed E-state index contributed by atoms with van der Waals surface area (Å²) in [6.07, 6.45) is 2.22. The van der Waals surface area contributed by atoms with Crippen LogP contribution in [-0.2, 0) is 0 Å². The third-order valence-electron chi connectivity index (χ3n) is 11.4. The maximum atomic E-state index is 3.79. The fraction of sp³-hybridized carbons (Fsp3) is 0.0385. The van der Waals surface area contributed by atoms with Gasteiger partial charge in [-0.1, -0.05) is 133 Å². The van der Waals surface area contributed by atoms with Crippen molar-refractivity contribution in [2.75, 3.05) is 6.54 Å². The van der Waals surface area contributed by atoms with Gasteiger partial charge >= 0.3 is 0 Å². The van der Waals surface area contributed by atoms with E-state index in [9.17, 15) is 0 Å². The Morgan fingerprint density at radius 1 is 0.375 bits per heavy atom. The van der Waals surface area contributed by atoms with Gasteiger partial charge in [0.05, 0.1) is 22.1 Å². The summed E-state index contributed by atoms with van der Waals surface area (Å²) >= 11 is 0. The predicted octanol–water partition coefficient (Wildman–Crippen LogP) is 12.4. The van der Waals surface area contributed by atoms with Gasteiger partial charge < -0.3 is 14.5 Å². The quantitative estimate of drug-likeness (QED) is 0.179. The number of aromatic nitrogens is 2. The Hall–Kier alpha value is -7.14. The second kappa shape index (κ2) is 13.3. The molecule has 1 atom stereocenters. The fourth-order valence-electron chi connectivity index (χ4n) is 8.70. The fourth-order valence-corrected chi connectivity index (χ4v) is 8.70. The number of rotatable bonds is 6. The molecule has 0 spiro atoms. The molecule has 0 saturated carbocycles. The van der Waals surface area contributed by atoms with E-state index in [2.05, 4.69) is 220 Å². The summed E-state index contributed by atoms with van der Waals surface area (Å²) < 4.78 is 4.79. The summed E-state index contributed by atoms with van der Waals surface area (Å²) in [5, 5.41) is 12.5. The second-order valence-electron chi connectivity index (χ2n) is 14.6. The lowest BCUT2D eigenvalue weighted by atomic mass is 10.0. The Labute approximate surface area is 325 Å². The van der Waals surface area contributed by atoms with Crippen LogP contribution in [0.4, 0.5) is 0 Å². The molecular formula is C52H38N4. The molecule has 0 amide bonds. The molecule has 4 nitrogen and oxygen atoms in total. The van der Waals surface area contributed by atoms with Gasteiger partial charge in [0.1, 0.15) is 6.17 Å². The van der Waals surface area contributed by atoms with Crippen molar-refractivity contribution in [2.24, 2.45) is 0 Å². The van der Waals surface area contributed by atoms with Crippen molar-refractivity contribution in [1.82, 2.24) is 19.8 Å². The molecule has 2 N–H and O–H groups in total. The average Bonchev–Trinajstić information content (AvgIpc) is 3.79. The molecule has 0 saturated heterocycles. The molecule has 0 fully saturated rings. The number of hydrogen-bond acceptors (Lipinski definition) is 2. The zero-order valence-corrected chi connectivity index (χ0v) is 30.7. The summed E-state index contributed by atoms with van der Waals surface area (Å²) in [4.78, 5) is 0. The van der Waals surface area contributed by atoms with Crippen molar-refractivity contribution in [1.29, 1.82) is 0 Å². The smallest absolute Gasteiger partial charge is 0.103 e. The Morgan fingerprint density at radius 3 is 1.54 bits per heavy atom. The van der Waals surface area contributed by atoms with Gasteiger partial charge in [0, 0.05) is 45.2 Å². The number of hydrogen-bond donors (Lipinski definition) is 2. The third kappa shape index (κ3) is 5.42. The van der Waals surface area contributed by atoms with Crippen molar-refractivity contribution in [3.8, 4) is 33.6 Å². The molecule has 3 heterocycles. The maximum absolute atomic E-state index is 3.79. The van der Waals surface area contributed by atoms with E-state index in [1.807, 2.05) is 0 Å². The van der Waals surface area contributed by atoms with E-state index < -0.39 is 0 Å². The van der Waals surface area contributed by atoms with E-state index in [0.717, 1.165) is 17.9 Å². The molecule has 56 heavy (non-hydrogen) atoms. The van der Waals surface area contributed by atoms with Crippen molar-refractivity contribution in [3.63, 3.8) is 0 Å². The van der Waals surface area contributed by atoms with Crippen LogP contribution < -0.4 is 10.6 Å². The minimum absolute atomic E-state index is 0.0220. The van der Waals surface area contributed by atoms with Crippen LogP contribution in [0, 0.1) is 0 Å². The van der Waals surface area contributed by atoms with Gasteiger partial charge in [0.2, 0.25) is 0 Å². The molecule has 0 radical (unpaired) electrons. The predicted molar refractivity (Wildman–Crippen MR) is 234 cm³/mol. The lowest BCUT2D eigenvalue weighted by molar-refractivity contribution is 0.509. The highest BCUT2D eigenvalue weighted by Crippen LogP contribution is 2.38. The summed E-state index contributed by atoms with van der Waals surface area (Å²) in [6.45, 7) is 0.786. The summed E-state index contributed by atoms with van der Waals surface area (Å²) in [5.41, 5.74) is 15.5. The van der Waals surface area contributed by atoms with Crippen LogP contribution in [-0.4, -0.2) is 15.7 Å². The topological polar surface area (TPSA) is 33.9 Å². The van der Waals surface area contributed by atoms with Crippen LogP contribution in [0.25, 0.3) is 82.9 Å². The highest BCUT2D eigenvalue weighted by molar-refractivity contribution is 6.12. The Kier molecular flexibility index (Phi) is 7.68. The zero-order chi connectivity index (χ0) is 37.0. The standard InChI is InChI=1S/C52H38N4/c1-3-12-35(13-4-1)36-22-24-37(25-23-36)47-30-31-53-52(54-47)40-14-11-17-42(32-40)56-49-21-10-8-19-44(49)46-34-39(27-29-51(46)56)38-26-28-50-45(33-38)43-18-7-9-20-48(43)55(50)41-15-5-2-6-16-41/h1-30,32-34,52-54H,31H2. The Balaban J connectivity index is 0.948. The van der Waals surface area contributed by atoms with E-state index in [4.69, 9.17) is 0 Å². The highest BCUT2D eigenvalue weighted by atomic mass is 15.1. The first-order chi connectivity index (χ1) is 27.8. The molecule has 8 aromatic carbocycles. The second-order valence-corrected chi connectivity index (χ2v) is 14.6. The van der Waals surface area contributed by atoms with Crippen LogP contribution >= 0.6 is 0 Å². The lowest BCUT2D eigenvalue weighted by Crippen LogP contribution is -2.37. The summed E-state index contributed by atoms with van der Waals surface area (Å²) in [5.74, 6) is 0. The van der Waals surface area contributed by atoms with Crippen molar-refractivity contribution < 1.29 is 0 Å². The third-order valence-corrected chi connectivity index (χ3v) is 11.4. The molecule has 266 valence electrons. The average molecular weight is 719 g/mol.